The summed E-state index contributed by atoms with van der Waals surface area (Å²) in [6.07, 6.45) is 2.10. The normalized spacial score (nSPS) is 35.3. The lowest BCUT2D eigenvalue weighted by atomic mass is 9.93. The molecule has 0 radical (unpaired) electrons. The van der Waals surface area contributed by atoms with Crippen LogP contribution >= 0.6 is 0 Å². The van der Waals surface area contributed by atoms with Gasteiger partial charge in [0.15, 0.2) is 0 Å². The second-order valence-corrected chi connectivity index (χ2v) is 3.18. The lowest BCUT2D eigenvalue weighted by molar-refractivity contribution is 0.175. The fourth-order valence-corrected chi connectivity index (χ4v) is 1.41. The zero-order valence-corrected chi connectivity index (χ0v) is 6.67. The predicted octanol–water partition coefficient (Wildman–Crippen LogP) is 1.24. The van der Waals surface area contributed by atoms with Crippen LogP contribution in [-0.4, -0.2) is 24.5 Å². The van der Waals surface area contributed by atoms with Crippen molar-refractivity contribution in [2.45, 2.75) is 25.8 Å². The predicted molar refractivity (Wildman–Crippen MR) is 40.4 cm³/mol. The molecule has 0 spiro atoms. The summed E-state index contributed by atoms with van der Waals surface area (Å²) in [5.74, 6) is 0.311. The van der Waals surface area contributed by atoms with Gasteiger partial charge >= 0.3 is 0 Å². The van der Waals surface area contributed by atoms with Crippen molar-refractivity contribution >= 4 is 0 Å². The molecular weight excluding hydrogens is 124 g/mol. The van der Waals surface area contributed by atoms with E-state index in [4.69, 9.17) is 5.26 Å². The Morgan fingerprint density at radius 1 is 1.60 bits per heavy atom. The van der Waals surface area contributed by atoms with Crippen molar-refractivity contribution in [1.82, 2.24) is 4.90 Å². The van der Waals surface area contributed by atoms with Crippen LogP contribution in [0.25, 0.3) is 0 Å². The molecule has 1 saturated heterocycles. The highest BCUT2D eigenvalue weighted by Gasteiger charge is 2.21. The summed E-state index contributed by atoms with van der Waals surface area (Å²) in [6, 6.07) is 2.92. The Labute approximate surface area is 62.4 Å². The van der Waals surface area contributed by atoms with Gasteiger partial charge in [-0.15, -0.1) is 0 Å². The summed E-state index contributed by atoms with van der Waals surface area (Å²) in [5.41, 5.74) is 0. The van der Waals surface area contributed by atoms with Crippen LogP contribution in [0.2, 0.25) is 0 Å². The molecule has 2 atom stereocenters. The van der Waals surface area contributed by atoms with Crippen molar-refractivity contribution in [3.05, 3.63) is 0 Å². The third-order valence-electron chi connectivity index (χ3n) is 2.39. The average molecular weight is 138 g/mol. The first-order valence-electron chi connectivity index (χ1n) is 3.84. The summed E-state index contributed by atoms with van der Waals surface area (Å²) >= 11 is 0. The van der Waals surface area contributed by atoms with E-state index in [0.29, 0.717) is 12.0 Å². The summed E-state index contributed by atoms with van der Waals surface area (Å²) in [4.78, 5) is 2.31. The highest BCUT2D eigenvalue weighted by molar-refractivity contribution is 4.89. The van der Waals surface area contributed by atoms with Crippen LogP contribution in [0.4, 0.5) is 0 Å². The molecule has 0 aromatic rings. The first kappa shape index (κ1) is 7.56. The van der Waals surface area contributed by atoms with Crippen molar-refractivity contribution < 1.29 is 0 Å². The largest absolute Gasteiger partial charge is 0.304 e. The van der Waals surface area contributed by atoms with Gasteiger partial charge in [-0.05, 0) is 33.4 Å². The van der Waals surface area contributed by atoms with Crippen LogP contribution in [-0.2, 0) is 0 Å². The van der Waals surface area contributed by atoms with E-state index in [9.17, 15) is 0 Å². The third-order valence-corrected chi connectivity index (χ3v) is 2.39. The number of hydrogen-bond donors (Lipinski definition) is 0. The highest BCUT2D eigenvalue weighted by atomic mass is 15.1. The van der Waals surface area contributed by atoms with Gasteiger partial charge in [-0.3, -0.25) is 0 Å². The van der Waals surface area contributed by atoms with E-state index in [-0.39, 0.29) is 0 Å². The molecule has 0 amide bonds. The first-order chi connectivity index (χ1) is 4.74. The Bertz CT molecular complexity index is 148. The van der Waals surface area contributed by atoms with Crippen LogP contribution in [0, 0.1) is 17.2 Å². The second kappa shape index (κ2) is 3.03. The van der Waals surface area contributed by atoms with E-state index >= 15 is 0 Å². The maximum absolute atomic E-state index is 8.63. The molecule has 1 fully saturated rings. The molecule has 2 nitrogen and oxygen atoms in total. The third kappa shape index (κ3) is 1.48. The van der Waals surface area contributed by atoms with Gasteiger partial charge in [0.2, 0.25) is 0 Å². The van der Waals surface area contributed by atoms with Crippen molar-refractivity contribution in [1.29, 1.82) is 5.26 Å². The molecule has 56 valence electrons. The second-order valence-electron chi connectivity index (χ2n) is 3.18. The smallest absolute Gasteiger partial charge is 0.0656 e. The van der Waals surface area contributed by atoms with E-state index in [1.54, 1.807) is 0 Å². The number of rotatable bonds is 0. The Morgan fingerprint density at radius 3 is 2.80 bits per heavy atom. The van der Waals surface area contributed by atoms with E-state index in [0.717, 1.165) is 19.4 Å². The van der Waals surface area contributed by atoms with Crippen molar-refractivity contribution in [2.75, 3.05) is 13.6 Å². The van der Waals surface area contributed by atoms with Gasteiger partial charge in [0.05, 0.1) is 6.07 Å². The molecule has 0 aromatic carbocycles. The number of nitrogens with zero attached hydrogens (tertiary/aromatic N) is 2. The lowest BCUT2D eigenvalue weighted by Gasteiger charge is -2.31. The fraction of sp³-hybridized carbons (Fsp3) is 0.875. The molecule has 2 heteroatoms. The molecule has 2 unspecified atom stereocenters. The van der Waals surface area contributed by atoms with Crippen LogP contribution in [0.15, 0.2) is 0 Å². The molecule has 0 aliphatic carbocycles. The molecule has 1 aliphatic rings. The standard InChI is InChI=1S/C8H14N2/c1-7-5-8(6-9)3-4-10(7)2/h7-8H,3-5H2,1-2H3. The summed E-state index contributed by atoms with van der Waals surface area (Å²) in [6.45, 7) is 3.27. The molecule has 1 rings (SSSR count). The van der Waals surface area contributed by atoms with Crippen LogP contribution in [0.1, 0.15) is 19.8 Å². The van der Waals surface area contributed by atoms with Gasteiger partial charge in [-0.2, -0.15) is 5.26 Å². The van der Waals surface area contributed by atoms with Crippen molar-refractivity contribution in [3.63, 3.8) is 0 Å². The quantitative estimate of drug-likeness (QED) is 0.503. The minimum Gasteiger partial charge on any atom is -0.304 e. The van der Waals surface area contributed by atoms with Crippen molar-refractivity contribution in [2.24, 2.45) is 5.92 Å². The molecule has 0 N–H and O–H groups in total. The molecular formula is C8H14N2. The van der Waals surface area contributed by atoms with Crippen molar-refractivity contribution in [3.8, 4) is 6.07 Å². The number of nitriles is 1. The molecule has 1 aliphatic heterocycles. The zero-order valence-electron chi connectivity index (χ0n) is 6.67. The Balaban J connectivity index is 2.42. The maximum Gasteiger partial charge on any atom is 0.0656 e. The van der Waals surface area contributed by atoms with Crippen LogP contribution < -0.4 is 0 Å². The molecule has 1 heterocycles. The van der Waals surface area contributed by atoms with Gasteiger partial charge in [0, 0.05) is 12.0 Å². The number of likely N-dealkylation sites (tertiary alicyclic amines) is 1. The molecule has 0 saturated carbocycles. The number of piperidine rings is 1. The zero-order chi connectivity index (χ0) is 7.56. The summed E-state index contributed by atoms with van der Waals surface area (Å²) < 4.78 is 0. The Hall–Kier alpha value is -0.550. The van der Waals surface area contributed by atoms with Crippen LogP contribution in [0.5, 0.6) is 0 Å². The molecule has 0 bridgehead atoms. The minimum atomic E-state index is 0.311. The average Bonchev–Trinajstić information content (AvgIpc) is 1.95. The Kier molecular flexibility index (Phi) is 2.29. The minimum absolute atomic E-state index is 0.311. The van der Waals surface area contributed by atoms with Gasteiger partial charge in [-0.25, -0.2) is 0 Å². The Morgan fingerprint density at radius 2 is 2.30 bits per heavy atom. The molecule has 10 heavy (non-hydrogen) atoms. The summed E-state index contributed by atoms with van der Waals surface area (Å²) in [7, 11) is 2.12. The van der Waals surface area contributed by atoms with E-state index in [2.05, 4.69) is 24.9 Å². The SMILES string of the molecule is CC1CC(C#N)CCN1C. The first-order valence-corrected chi connectivity index (χ1v) is 3.84. The van der Waals surface area contributed by atoms with Gasteiger partial charge in [0.25, 0.3) is 0 Å². The van der Waals surface area contributed by atoms with E-state index < -0.39 is 0 Å². The topological polar surface area (TPSA) is 27.0 Å². The highest BCUT2D eigenvalue weighted by Crippen LogP contribution is 2.19. The van der Waals surface area contributed by atoms with E-state index in [1.807, 2.05) is 0 Å². The lowest BCUT2D eigenvalue weighted by Crippen LogP contribution is -2.37. The van der Waals surface area contributed by atoms with Gasteiger partial charge in [-0.1, -0.05) is 0 Å². The maximum atomic E-state index is 8.63. The monoisotopic (exact) mass is 138 g/mol. The van der Waals surface area contributed by atoms with Gasteiger partial charge < -0.3 is 4.90 Å². The van der Waals surface area contributed by atoms with Gasteiger partial charge in [0.1, 0.15) is 0 Å². The fourth-order valence-electron chi connectivity index (χ4n) is 1.41. The van der Waals surface area contributed by atoms with Crippen LogP contribution in [0.3, 0.4) is 0 Å². The summed E-state index contributed by atoms with van der Waals surface area (Å²) in [5, 5.41) is 8.63. The number of hydrogen-bond acceptors (Lipinski definition) is 2. The van der Waals surface area contributed by atoms with E-state index in [1.165, 1.54) is 0 Å². The molecule has 0 aromatic heterocycles.